The number of benzene rings is 1. The Kier molecular flexibility index (Phi) is 16.1. The van der Waals surface area contributed by atoms with Crippen LogP contribution in [0.25, 0.3) is 0 Å². The first kappa shape index (κ1) is 27.9. The smallest absolute Gasteiger partial charge is 0.191 e. The van der Waals surface area contributed by atoms with Crippen molar-refractivity contribution in [2.45, 2.75) is 59.7 Å². The fourth-order valence-corrected chi connectivity index (χ4v) is 3.12. The van der Waals surface area contributed by atoms with E-state index in [1.807, 2.05) is 0 Å². The Morgan fingerprint density at radius 3 is 2.24 bits per heavy atom. The van der Waals surface area contributed by atoms with Gasteiger partial charge in [-0.05, 0) is 58.7 Å². The number of halogens is 1. The number of rotatable bonds is 13. The average Bonchev–Trinajstić information content (AvgIpc) is 2.66. The first-order chi connectivity index (χ1) is 13.5. The molecule has 1 rings (SSSR count). The zero-order valence-corrected chi connectivity index (χ0v) is 21.5. The third-order valence-electron chi connectivity index (χ3n) is 4.57. The van der Waals surface area contributed by atoms with Gasteiger partial charge in [-0.25, -0.2) is 4.99 Å². The number of anilines is 1. The van der Waals surface area contributed by atoms with E-state index >= 15 is 0 Å². The van der Waals surface area contributed by atoms with Crippen LogP contribution in [0.2, 0.25) is 0 Å². The molecule has 0 aliphatic heterocycles. The molecule has 0 heterocycles. The van der Waals surface area contributed by atoms with Crippen molar-refractivity contribution in [1.82, 2.24) is 15.5 Å². The molecule has 7 heteroatoms. The van der Waals surface area contributed by atoms with Gasteiger partial charge < -0.3 is 20.7 Å². The fraction of sp³-hybridized carbons (Fsp3) is 0.682. The summed E-state index contributed by atoms with van der Waals surface area (Å²) in [6, 6.07) is 9.57. The van der Waals surface area contributed by atoms with E-state index in [0.29, 0.717) is 25.2 Å². The minimum absolute atomic E-state index is 0. The van der Waals surface area contributed by atoms with E-state index in [1.54, 1.807) is 7.11 Å². The van der Waals surface area contributed by atoms with Crippen molar-refractivity contribution < 1.29 is 4.74 Å². The van der Waals surface area contributed by atoms with Gasteiger partial charge in [0.1, 0.15) is 0 Å². The topological polar surface area (TPSA) is 60.9 Å². The maximum Gasteiger partial charge on any atom is 0.191 e. The average molecular weight is 520 g/mol. The van der Waals surface area contributed by atoms with Gasteiger partial charge in [0.05, 0.1) is 13.2 Å². The number of methoxy groups -OCH3 is 1. The molecule has 0 bridgehead atoms. The molecule has 0 saturated heterocycles. The van der Waals surface area contributed by atoms with E-state index in [-0.39, 0.29) is 24.0 Å². The SMILES string of the molecule is CCNC(=NCc1ccc(NCCOC)cc1)NCCCN(C(C)C)C(C)C.I. The van der Waals surface area contributed by atoms with Crippen molar-refractivity contribution in [1.29, 1.82) is 0 Å². The van der Waals surface area contributed by atoms with Crippen molar-refractivity contribution in [2.75, 3.05) is 45.2 Å². The largest absolute Gasteiger partial charge is 0.383 e. The maximum absolute atomic E-state index is 5.05. The third kappa shape index (κ3) is 12.3. The van der Waals surface area contributed by atoms with Gasteiger partial charge >= 0.3 is 0 Å². The van der Waals surface area contributed by atoms with Crippen LogP contribution in [0.1, 0.15) is 46.6 Å². The van der Waals surface area contributed by atoms with Gasteiger partial charge in [-0.2, -0.15) is 0 Å². The number of guanidine groups is 1. The van der Waals surface area contributed by atoms with Crippen LogP contribution in [0.3, 0.4) is 0 Å². The summed E-state index contributed by atoms with van der Waals surface area (Å²) in [4.78, 5) is 7.24. The second-order valence-electron chi connectivity index (χ2n) is 7.52. The summed E-state index contributed by atoms with van der Waals surface area (Å²) < 4.78 is 5.05. The Morgan fingerprint density at radius 1 is 1.03 bits per heavy atom. The highest BCUT2D eigenvalue weighted by Gasteiger charge is 2.12. The van der Waals surface area contributed by atoms with Gasteiger partial charge in [-0.15, -0.1) is 24.0 Å². The Labute approximate surface area is 195 Å². The summed E-state index contributed by atoms with van der Waals surface area (Å²) in [5.41, 5.74) is 2.30. The van der Waals surface area contributed by atoms with Crippen LogP contribution < -0.4 is 16.0 Å². The normalized spacial score (nSPS) is 11.7. The molecule has 29 heavy (non-hydrogen) atoms. The minimum atomic E-state index is 0. The molecule has 6 nitrogen and oxygen atoms in total. The summed E-state index contributed by atoms with van der Waals surface area (Å²) in [7, 11) is 1.71. The lowest BCUT2D eigenvalue weighted by molar-refractivity contribution is 0.173. The molecule has 1 aromatic rings. The van der Waals surface area contributed by atoms with Crippen molar-refractivity contribution >= 4 is 35.6 Å². The summed E-state index contributed by atoms with van der Waals surface area (Å²) in [6.07, 6.45) is 1.10. The zero-order valence-electron chi connectivity index (χ0n) is 19.1. The second kappa shape index (κ2) is 16.7. The maximum atomic E-state index is 5.05. The van der Waals surface area contributed by atoms with Gasteiger partial charge in [0.25, 0.3) is 0 Å². The second-order valence-corrected chi connectivity index (χ2v) is 7.52. The Bertz CT molecular complexity index is 541. The quantitative estimate of drug-likeness (QED) is 0.160. The van der Waals surface area contributed by atoms with Crippen LogP contribution in [0.15, 0.2) is 29.3 Å². The lowest BCUT2D eigenvalue weighted by Crippen LogP contribution is -2.41. The molecule has 3 N–H and O–H groups in total. The van der Waals surface area contributed by atoms with E-state index < -0.39 is 0 Å². The molecule has 0 spiro atoms. The fourth-order valence-electron chi connectivity index (χ4n) is 3.12. The summed E-state index contributed by atoms with van der Waals surface area (Å²) in [5, 5.41) is 10.1. The van der Waals surface area contributed by atoms with Crippen molar-refractivity contribution in [2.24, 2.45) is 4.99 Å². The molecular formula is C22H42IN5O. The monoisotopic (exact) mass is 519 g/mol. The minimum Gasteiger partial charge on any atom is -0.383 e. The van der Waals surface area contributed by atoms with E-state index in [9.17, 15) is 0 Å². The molecule has 0 fully saturated rings. The third-order valence-corrected chi connectivity index (χ3v) is 4.57. The van der Waals surface area contributed by atoms with Gasteiger partial charge in [0.15, 0.2) is 5.96 Å². The molecule has 0 atom stereocenters. The van der Waals surface area contributed by atoms with Crippen LogP contribution in [-0.2, 0) is 11.3 Å². The molecule has 0 aromatic heterocycles. The number of nitrogens with one attached hydrogen (secondary N) is 3. The Hall–Kier alpha value is -1.06. The standard InChI is InChI=1S/C22H41N5O.HI/c1-7-23-22(25-13-8-15-27(18(2)3)19(4)5)26-17-20-9-11-21(12-10-20)24-14-16-28-6;/h9-12,18-19,24H,7-8,13-17H2,1-6H3,(H2,23,25,26);1H. The summed E-state index contributed by atoms with van der Waals surface area (Å²) in [6.45, 7) is 16.2. The van der Waals surface area contributed by atoms with Crippen LogP contribution >= 0.6 is 24.0 Å². The van der Waals surface area contributed by atoms with Crippen LogP contribution in [0.5, 0.6) is 0 Å². The number of aliphatic imine (C=N–C) groups is 1. The number of ether oxygens (including phenoxy) is 1. The highest BCUT2D eigenvalue weighted by Crippen LogP contribution is 2.10. The molecular weight excluding hydrogens is 477 g/mol. The molecule has 1 aromatic carbocycles. The molecule has 168 valence electrons. The summed E-state index contributed by atoms with van der Waals surface area (Å²) in [5.74, 6) is 0.880. The molecule has 0 amide bonds. The predicted octanol–water partition coefficient (Wildman–Crippen LogP) is 3.93. The van der Waals surface area contributed by atoms with Crippen molar-refractivity contribution in [3.63, 3.8) is 0 Å². The van der Waals surface area contributed by atoms with Crippen molar-refractivity contribution in [3.05, 3.63) is 29.8 Å². The first-order valence-corrected chi connectivity index (χ1v) is 10.6. The molecule has 0 unspecified atom stereocenters. The number of nitrogens with zero attached hydrogens (tertiary/aromatic N) is 2. The molecule has 0 saturated carbocycles. The first-order valence-electron chi connectivity index (χ1n) is 10.6. The van der Waals surface area contributed by atoms with Crippen LogP contribution in [0, 0.1) is 0 Å². The molecule has 0 radical (unpaired) electrons. The highest BCUT2D eigenvalue weighted by atomic mass is 127. The lowest BCUT2D eigenvalue weighted by atomic mass is 10.2. The lowest BCUT2D eigenvalue weighted by Gasteiger charge is -2.30. The summed E-state index contributed by atoms with van der Waals surface area (Å²) >= 11 is 0. The number of hydrogen-bond acceptors (Lipinski definition) is 4. The van der Waals surface area contributed by atoms with E-state index in [1.165, 1.54) is 5.56 Å². The van der Waals surface area contributed by atoms with E-state index in [4.69, 9.17) is 9.73 Å². The van der Waals surface area contributed by atoms with E-state index in [2.05, 4.69) is 79.7 Å². The van der Waals surface area contributed by atoms with Gasteiger partial charge in [0, 0.05) is 51.1 Å². The molecule has 0 aliphatic rings. The highest BCUT2D eigenvalue weighted by molar-refractivity contribution is 14.0. The molecule has 0 aliphatic carbocycles. The Balaban J connectivity index is 0.00000784. The Morgan fingerprint density at radius 2 is 1.69 bits per heavy atom. The zero-order chi connectivity index (χ0) is 20.8. The van der Waals surface area contributed by atoms with Gasteiger partial charge in [-0.1, -0.05) is 12.1 Å². The van der Waals surface area contributed by atoms with E-state index in [0.717, 1.165) is 44.2 Å². The predicted molar refractivity (Wildman–Crippen MR) is 137 cm³/mol. The van der Waals surface area contributed by atoms with Gasteiger partial charge in [-0.3, -0.25) is 4.90 Å². The van der Waals surface area contributed by atoms with Crippen LogP contribution in [-0.4, -0.2) is 62.8 Å². The van der Waals surface area contributed by atoms with Crippen LogP contribution in [0.4, 0.5) is 5.69 Å². The van der Waals surface area contributed by atoms with Crippen molar-refractivity contribution in [3.8, 4) is 0 Å². The number of hydrogen-bond donors (Lipinski definition) is 3. The van der Waals surface area contributed by atoms with Gasteiger partial charge in [0.2, 0.25) is 0 Å².